The van der Waals surface area contributed by atoms with Gasteiger partial charge in [-0.2, -0.15) is 5.10 Å². The maximum atomic E-state index is 12.2. The molecule has 1 aromatic heterocycles. The quantitative estimate of drug-likeness (QED) is 0.616. The summed E-state index contributed by atoms with van der Waals surface area (Å²) >= 11 is 0. The Balaban J connectivity index is 1.79. The number of carbonyl (C=O) groups is 2. The van der Waals surface area contributed by atoms with Crippen molar-refractivity contribution >= 4 is 22.7 Å². The van der Waals surface area contributed by atoms with Crippen molar-refractivity contribution in [2.24, 2.45) is 0 Å². The van der Waals surface area contributed by atoms with Crippen molar-refractivity contribution in [2.45, 2.75) is 6.92 Å². The average Bonchev–Trinajstić information content (AvgIpc) is 3.01. The van der Waals surface area contributed by atoms with Crippen LogP contribution in [0.15, 0.2) is 48.7 Å². The summed E-state index contributed by atoms with van der Waals surface area (Å²) in [5, 5.41) is 20.1. The molecule has 7 nitrogen and oxygen atoms in total. The molecule has 0 aliphatic heterocycles. The summed E-state index contributed by atoms with van der Waals surface area (Å²) in [6.07, 6.45) is 1.66. The molecule has 3 rings (SSSR count). The number of nitrogens with one attached hydrogen (secondary N) is 2. The molecule has 0 saturated carbocycles. The molecule has 2 aromatic carbocycles. The van der Waals surface area contributed by atoms with Crippen molar-refractivity contribution < 1.29 is 14.7 Å². The number of carbonyl (C=O) groups excluding carboxylic acids is 2. The molecular formula is C18H18N4O3. The average molecular weight is 338 g/mol. The van der Waals surface area contributed by atoms with Gasteiger partial charge in [0.25, 0.3) is 5.91 Å². The van der Waals surface area contributed by atoms with E-state index in [2.05, 4.69) is 15.7 Å². The number of rotatable bonds is 5. The molecule has 25 heavy (non-hydrogen) atoms. The van der Waals surface area contributed by atoms with E-state index in [0.29, 0.717) is 18.7 Å². The Labute approximate surface area is 144 Å². The van der Waals surface area contributed by atoms with Crippen LogP contribution in [0.5, 0.6) is 5.75 Å². The van der Waals surface area contributed by atoms with E-state index in [1.54, 1.807) is 47.3 Å². The number of phenols is 1. The van der Waals surface area contributed by atoms with Crippen LogP contribution in [0.2, 0.25) is 0 Å². The van der Waals surface area contributed by atoms with Crippen molar-refractivity contribution in [3.8, 4) is 11.4 Å². The number of amides is 2. The van der Waals surface area contributed by atoms with Crippen LogP contribution in [0.3, 0.4) is 0 Å². The number of fused-ring (bicyclic) bond motifs is 1. The van der Waals surface area contributed by atoms with Crippen LogP contribution in [0.1, 0.15) is 17.3 Å². The predicted octanol–water partition coefficient (Wildman–Crippen LogP) is 1.60. The molecule has 0 bridgehead atoms. The van der Waals surface area contributed by atoms with E-state index in [9.17, 15) is 14.7 Å². The summed E-state index contributed by atoms with van der Waals surface area (Å²) in [5.74, 6) is -0.173. The highest BCUT2D eigenvalue weighted by atomic mass is 16.3. The summed E-state index contributed by atoms with van der Waals surface area (Å²) in [7, 11) is 0. The topological polar surface area (TPSA) is 96.3 Å². The zero-order valence-corrected chi connectivity index (χ0v) is 13.7. The molecule has 7 heteroatoms. The van der Waals surface area contributed by atoms with Crippen LogP contribution in [-0.2, 0) is 4.79 Å². The fourth-order valence-corrected chi connectivity index (χ4v) is 2.52. The summed E-state index contributed by atoms with van der Waals surface area (Å²) in [6.45, 7) is 2.17. The summed E-state index contributed by atoms with van der Waals surface area (Å²) in [5.41, 5.74) is 2.08. The molecule has 0 spiro atoms. The Morgan fingerprint density at radius 3 is 2.72 bits per heavy atom. The maximum absolute atomic E-state index is 12.2. The third-order valence-corrected chi connectivity index (χ3v) is 3.69. The lowest BCUT2D eigenvalue weighted by atomic mass is 10.2. The van der Waals surface area contributed by atoms with Crippen molar-refractivity contribution in [1.29, 1.82) is 0 Å². The number of hydrogen-bond acceptors (Lipinski definition) is 4. The van der Waals surface area contributed by atoms with Gasteiger partial charge in [-0.15, -0.1) is 0 Å². The molecule has 0 atom stereocenters. The third-order valence-electron chi connectivity index (χ3n) is 3.69. The van der Waals surface area contributed by atoms with E-state index < -0.39 is 0 Å². The van der Waals surface area contributed by atoms with Gasteiger partial charge in [0.15, 0.2) is 0 Å². The van der Waals surface area contributed by atoms with E-state index in [4.69, 9.17) is 0 Å². The number of benzene rings is 2. The Bertz CT molecular complexity index is 933. The highest BCUT2D eigenvalue weighted by Gasteiger charge is 2.09. The molecule has 0 aliphatic rings. The lowest BCUT2D eigenvalue weighted by Gasteiger charge is -2.08. The Morgan fingerprint density at radius 2 is 1.92 bits per heavy atom. The van der Waals surface area contributed by atoms with Crippen LogP contribution < -0.4 is 10.6 Å². The minimum absolute atomic E-state index is 0.132. The van der Waals surface area contributed by atoms with Crippen molar-refractivity contribution in [3.63, 3.8) is 0 Å². The van der Waals surface area contributed by atoms with E-state index >= 15 is 0 Å². The second-order valence-electron chi connectivity index (χ2n) is 5.59. The van der Waals surface area contributed by atoms with Gasteiger partial charge in [-0.25, -0.2) is 4.68 Å². The monoisotopic (exact) mass is 338 g/mol. The van der Waals surface area contributed by atoms with Gasteiger partial charge in [-0.1, -0.05) is 6.07 Å². The minimum atomic E-state index is -0.221. The number of phenolic OH excluding ortho intramolecular Hbond substituents is 1. The highest BCUT2D eigenvalue weighted by molar-refractivity contribution is 5.95. The largest absolute Gasteiger partial charge is 0.508 e. The number of nitrogens with zero attached hydrogens (tertiary/aromatic N) is 2. The Morgan fingerprint density at radius 1 is 1.12 bits per heavy atom. The summed E-state index contributed by atoms with van der Waals surface area (Å²) < 4.78 is 1.71. The van der Waals surface area contributed by atoms with Gasteiger partial charge in [0.1, 0.15) is 5.75 Å². The Kier molecular flexibility index (Phi) is 4.65. The number of aromatic hydroxyl groups is 1. The smallest absolute Gasteiger partial charge is 0.251 e. The van der Waals surface area contributed by atoms with Gasteiger partial charge < -0.3 is 15.7 Å². The number of hydrogen-bond donors (Lipinski definition) is 3. The zero-order valence-electron chi connectivity index (χ0n) is 13.7. The Hall–Kier alpha value is -3.35. The van der Waals surface area contributed by atoms with Gasteiger partial charge in [-0.05, 0) is 36.4 Å². The van der Waals surface area contributed by atoms with Crippen LogP contribution in [-0.4, -0.2) is 39.8 Å². The fraction of sp³-hybridized carbons (Fsp3) is 0.167. The first kappa shape index (κ1) is 16.5. The SMILES string of the molecule is CC(=O)NCCNC(=O)c1cccc(-n2ncc3cc(O)ccc32)c1. The molecule has 3 aromatic rings. The minimum Gasteiger partial charge on any atom is -0.508 e. The highest BCUT2D eigenvalue weighted by Crippen LogP contribution is 2.22. The predicted molar refractivity (Wildman–Crippen MR) is 93.8 cm³/mol. The second kappa shape index (κ2) is 7.04. The van der Waals surface area contributed by atoms with E-state index in [1.165, 1.54) is 6.92 Å². The van der Waals surface area contributed by atoms with E-state index in [-0.39, 0.29) is 17.6 Å². The standard InChI is InChI=1S/C18H18N4O3/c1-12(23)19-7-8-20-18(25)13-3-2-4-15(9-13)22-17-6-5-16(24)10-14(17)11-21-22/h2-6,9-11,24H,7-8H2,1H3,(H,19,23)(H,20,25). The van der Waals surface area contributed by atoms with Crippen LogP contribution >= 0.6 is 0 Å². The normalized spacial score (nSPS) is 10.6. The lowest BCUT2D eigenvalue weighted by Crippen LogP contribution is -2.33. The molecule has 3 N–H and O–H groups in total. The molecule has 0 aliphatic carbocycles. The molecule has 0 radical (unpaired) electrons. The van der Waals surface area contributed by atoms with Crippen molar-refractivity contribution in [2.75, 3.05) is 13.1 Å². The van der Waals surface area contributed by atoms with Crippen LogP contribution in [0, 0.1) is 0 Å². The molecule has 0 fully saturated rings. The van der Waals surface area contributed by atoms with Gasteiger partial charge in [0.2, 0.25) is 5.91 Å². The first-order chi connectivity index (χ1) is 12.0. The second-order valence-corrected chi connectivity index (χ2v) is 5.59. The van der Waals surface area contributed by atoms with Crippen molar-refractivity contribution in [1.82, 2.24) is 20.4 Å². The molecule has 2 amide bonds. The molecule has 1 heterocycles. The zero-order chi connectivity index (χ0) is 17.8. The van der Waals surface area contributed by atoms with E-state index in [1.807, 2.05) is 6.07 Å². The van der Waals surface area contributed by atoms with Crippen LogP contribution in [0.25, 0.3) is 16.6 Å². The summed E-state index contributed by atoms with van der Waals surface area (Å²) in [6, 6.07) is 12.1. The summed E-state index contributed by atoms with van der Waals surface area (Å²) in [4.78, 5) is 23.0. The van der Waals surface area contributed by atoms with Gasteiger partial charge >= 0.3 is 0 Å². The maximum Gasteiger partial charge on any atom is 0.251 e. The molecule has 0 unspecified atom stereocenters. The van der Waals surface area contributed by atoms with Crippen molar-refractivity contribution in [3.05, 3.63) is 54.2 Å². The molecular weight excluding hydrogens is 320 g/mol. The van der Waals surface area contributed by atoms with Gasteiger partial charge in [0, 0.05) is 31.0 Å². The molecule has 128 valence electrons. The lowest BCUT2D eigenvalue weighted by molar-refractivity contribution is -0.118. The van der Waals surface area contributed by atoms with E-state index in [0.717, 1.165) is 16.6 Å². The molecule has 0 saturated heterocycles. The van der Waals surface area contributed by atoms with Gasteiger partial charge in [-0.3, -0.25) is 9.59 Å². The van der Waals surface area contributed by atoms with Crippen LogP contribution in [0.4, 0.5) is 0 Å². The first-order valence-corrected chi connectivity index (χ1v) is 7.84. The first-order valence-electron chi connectivity index (χ1n) is 7.84. The fourth-order valence-electron chi connectivity index (χ4n) is 2.52. The van der Waals surface area contributed by atoms with Gasteiger partial charge in [0.05, 0.1) is 17.4 Å². The third kappa shape index (κ3) is 3.77. The number of aromatic nitrogens is 2.